The highest BCUT2D eigenvalue weighted by molar-refractivity contribution is 9.10. The number of aryl methyl sites for hydroxylation is 1. The number of benzene rings is 3. The lowest BCUT2D eigenvalue weighted by atomic mass is 10.2. The van der Waals surface area contributed by atoms with Crippen molar-refractivity contribution < 1.29 is 9.53 Å². The Hall–Kier alpha value is -2.54. The number of rotatable bonds is 6. The van der Waals surface area contributed by atoms with Crippen LogP contribution in [0.4, 0.5) is 10.5 Å². The van der Waals surface area contributed by atoms with Gasteiger partial charge in [-0.2, -0.15) is 5.10 Å². The SMILES string of the molecule is Cc1cc(NC(=O)N/N=C/c2cc(Cl)c(OCc3ccccc3)c(Cl)c2)ccc1Br. The highest BCUT2D eigenvalue weighted by Gasteiger charge is 2.10. The number of halogens is 3. The first kappa shape index (κ1) is 22.2. The van der Waals surface area contributed by atoms with Gasteiger partial charge in [0.15, 0.2) is 5.75 Å². The fourth-order valence-corrected chi connectivity index (χ4v) is 3.43. The van der Waals surface area contributed by atoms with E-state index < -0.39 is 6.03 Å². The largest absolute Gasteiger partial charge is 0.486 e. The zero-order valence-electron chi connectivity index (χ0n) is 16.0. The summed E-state index contributed by atoms with van der Waals surface area (Å²) in [4.78, 5) is 12.0. The van der Waals surface area contributed by atoms with Gasteiger partial charge in [-0.15, -0.1) is 0 Å². The highest BCUT2D eigenvalue weighted by Crippen LogP contribution is 2.34. The van der Waals surface area contributed by atoms with Crippen molar-refractivity contribution in [1.82, 2.24) is 5.43 Å². The first-order valence-corrected chi connectivity index (χ1v) is 10.5. The summed E-state index contributed by atoms with van der Waals surface area (Å²) >= 11 is 16.0. The van der Waals surface area contributed by atoms with Crippen molar-refractivity contribution in [2.24, 2.45) is 5.10 Å². The van der Waals surface area contributed by atoms with Gasteiger partial charge in [-0.1, -0.05) is 69.5 Å². The Bertz CT molecular complexity index is 1050. The average molecular weight is 507 g/mol. The summed E-state index contributed by atoms with van der Waals surface area (Å²) < 4.78 is 6.71. The maximum absolute atomic E-state index is 12.0. The van der Waals surface area contributed by atoms with Crippen LogP contribution >= 0.6 is 39.1 Å². The molecule has 154 valence electrons. The van der Waals surface area contributed by atoms with E-state index in [1.54, 1.807) is 18.2 Å². The molecule has 3 aromatic carbocycles. The molecular formula is C22H18BrCl2N3O2. The number of urea groups is 1. The van der Waals surface area contributed by atoms with Gasteiger partial charge in [0, 0.05) is 10.2 Å². The van der Waals surface area contributed by atoms with Gasteiger partial charge in [-0.3, -0.25) is 0 Å². The Labute approximate surface area is 193 Å². The predicted molar refractivity (Wildman–Crippen MR) is 126 cm³/mol. The van der Waals surface area contributed by atoms with Crippen LogP contribution in [-0.4, -0.2) is 12.2 Å². The molecule has 0 aromatic heterocycles. The normalized spacial score (nSPS) is 10.8. The summed E-state index contributed by atoms with van der Waals surface area (Å²) in [5, 5.41) is 7.34. The van der Waals surface area contributed by atoms with E-state index in [0.717, 1.165) is 15.6 Å². The molecule has 5 nitrogen and oxygen atoms in total. The zero-order valence-corrected chi connectivity index (χ0v) is 19.1. The van der Waals surface area contributed by atoms with Gasteiger partial charge >= 0.3 is 6.03 Å². The number of ether oxygens (including phenoxy) is 1. The van der Waals surface area contributed by atoms with E-state index in [1.165, 1.54) is 6.21 Å². The maximum atomic E-state index is 12.0. The van der Waals surface area contributed by atoms with Gasteiger partial charge in [-0.05, 0) is 53.9 Å². The van der Waals surface area contributed by atoms with Gasteiger partial charge in [0.05, 0.1) is 16.3 Å². The second-order valence-corrected chi connectivity index (χ2v) is 8.04. The van der Waals surface area contributed by atoms with E-state index in [9.17, 15) is 4.79 Å². The molecule has 0 fully saturated rings. The fraction of sp³-hybridized carbons (Fsp3) is 0.0909. The number of carbonyl (C=O) groups excluding carboxylic acids is 1. The van der Waals surface area contributed by atoms with Crippen molar-refractivity contribution in [3.63, 3.8) is 0 Å². The molecule has 0 radical (unpaired) electrons. The van der Waals surface area contributed by atoms with E-state index in [4.69, 9.17) is 27.9 Å². The van der Waals surface area contributed by atoms with E-state index >= 15 is 0 Å². The summed E-state index contributed by atoms with van der Waals surface area (Å²) in [5.41, 5.74) is 5.70. The minimum Gasteiger partial charge on any atom is -0.486 e. The van der Waals surface area contributed by atoms with E-state index in [2.05, 4.69) is 31.8 Å². The Morgan fingerprint density at radius 2 is 1.80 bits per heavy atom. The molecule has 3 aromatic rings. The molecule has 0 aliphatic rings. The van der Waals surface area contributed by atoms with Crippen LogP contribution < -0.4 is 15.5 Å². The molecule has 0 saturated heterocycles. The molecule has 2 amide bonds. The Kier molecular flexibility index (Phi) is 7.74. The first-order valence-electron chi connectivity index (χ1n) is 8.94. The smallest absolute Gasteiger partial charge is 0.339 e. The third-order valence-corrected chi connectivity index (χ3v) is 5.49. The van der Waals surface area contributed by atoms with Crippen molar-refractivity contribution >= 4 is 57.1 Å². The molecule has 0 spiro atoms. The van der Waals surface area contributed by atoms with Gasteiger partial charge in [0.25, 0.3) is 0 Å². The summed E-state index contributed by atoms with van der Waals surface area (Å²) in [7, 11) is 0. The van der Waals surface area contributed by atoms with Crippen LogP contribution in [0.2, 0.25) is 10.0 Å². The van der Waals surface area contributed by atoms with E-state index in [0.29, 0.717) is 33.7 Å². The minimum atomic E-state index is -0.465. The van der Waals surface area contributed by atoms with Gasteiger partial charge in [0.1, 0.15) is 6.61 Å². The zero-order chi connectivity index (χ0) is 21.5. The Morgan fingerprint density at radius 3 is 2.47 bits per heavy atom. The average Bonchev–Trinajstić information content (AvgIpc) is 2.71. The van der Waals surface area contributed by atoms with Crippen molar-refractivity contribution in [2.75, 3.05) is 5.32 Å². The standard InChI is InChI=1S/C22H18BrCl2N3O2/c1-14-9-17(7-8-18(14)23)27-22(29)28-26-12-16-10-19(24)21(20(25)11-16)30-13-15-5-3-2-4-6-15/h2-12H,13H2,1H3,(H2,27,28,29)/b26-12+. The summed E-state index contributed by atoms with van der Waals surface area (Å²) in [5.74, 6) is 0.399. The topological polar surface area (TPSA) is 62.7 Å². The van der Waals surface area contributed by atoms with Crippen molar-refractivity contribution in [2.45, 2.75) is 13.5 Å². The van der Waals surface area contributed by atoms with Crippen LogP contribution in [0.3, 0.4) is 0 Å². The number of hydrogen-bond donors (Lipinski definition) is 2. The summed E-state index contributed by atoms with van der Waals surface area (Å²) in [6.07, 6.45) is 1.45. The van der Waals surface area contributed by atoms with Gasteiger partial charge < -0.3 is 10.1 Å². The number of amides is 2. The fourth-order valence-electron chi connectivity index (χ4n) is 2.57. The second-order valence-electron chi connectivity index (χ2n) is 6.38. The Morgan fingerprint density at radius 1 is 1.10 bits per heavy atom. The molecule has 30 heavy (non-hydrogen) atoms. The molecule has 0 heterocycles. The lowest BCUT2D eigenvalue weighted by Crippen LogP contribution is -2.24. The third kappa shape index (κ3) is 6.23. The molecule has 8 heteroatoms. The van der Waals surface area contributed by atoms with Crippen LogP contribution in [-0.2, 0) is 6.61 Å². The molecule has 3 rings (SSSR count). The molecule has 2 N–H and O–H groups in total. The number of nitrogens with zero attached hydrogens (tertiary/aromatic N) is 1. The van der Waals surface area contributed by atoms with Crippen LogP contribution in [0.25, 0.3) is 0 Å². The van der Waals surface area contributed by atoms with E-state index in [1.807, 2.05) is 49.4 Å². The maximum Gasteiger partial charge on any atom is 0.339 e. The summed E-state index contributed by atoms with van der Waals surface area (Å²) in [6, 6.07) is 18.1. The molecule has 0 atom stereocenters. The van der Waals surface area contributed by atoms with E-state index in [-0.39, 0.29) is 0 Å². The molecule has 0 aliphatic carbocycles. The quantitative estimate of drug-likeness (QED) is 0.285. The van der Waals surface area contributed by atoms with Crippen LogP contribution in [0.1, 0.15) is 16.7 Å². The third-order valence-electron chi connectivity index (χ3n) is 4.04. The Balaban J connectivity index is 1.58. The minimum absolute atomic E-state index is 0.352. The highest BCUT2D eigenvalue weighted by atomic mass is 79.9. The van der Waals surface area contributed by atoms with Crippen LogP contribution in [0.15, 0.2) is 70.2 Å². The van der Waals surface area contributed by atoms with Gasteiger partial charge in [-0.25, -0.2) is 10.2 Å². The predicted octanol–water partition coefficient (Wildman–Crippen LogP) is 6.80. The molecule has 0 saturated carbocycles. The van der Waals surface area contributed by atoms with Crippen molar-refractivity contribution in [3.8, 4) is 5.75 Å². The molecule has 0 unspecified atom stereocenters. The number of hydrogen-bond acceptors (Lipinski definition) is 3. The molecule has 0 bridgehead atoms. The molecule has 0 aliphatic heterocycles. The first-order chi connectivity index (χ1) is 14.4. The van der Waals surface area contributed by atoms with Gasteiger partial charge in [0.2, 0.25) is 0 Å². The van der Waals surface area contributed by atoms with Crippen LogP contribution in [0, 0.1) is 6.92 Å². The summed E-state index contributed by atoms with van der Waals surface area (Å²) in [6.45, 7) is 2.29. The number of anilines is 1. The van der Waals surface area contributed by atoms with Crippen molar-refractivity contribution in [1.29, 1.82) is 0 Å². The number of carbonyl (C=O) groups is 1. The lowest BCUT2D eigenvalue weighted by Gasteiger charge is -2.11. The monoisotopic (exact) mass is 505 g/mol. The molecular weight excluding hydrogens is 489 g/mol. The van der Waals surface area contributed by atoms with Crippen LogP contribution in [0.5, 0.6) is 5.75 Å². The number of nitrogens with one attached hydrogen (secondary N) is 2. The second kappa shape index (κ2) is 10.5. The number of hydrazone groups is 1. The van der Waals surface area contributed by atoms with Crippen molar-refractivity contribution in [3.05, 3.63) is 91.9 Å². The lowest BCUT2D eigenvalue weighted by molar-refractivity contribution is 0.252.